The largest absolute Gasteiger partial charge is 0.477 e. The molecule has 1 aliphatic carbocycles. The lowest BCUT2D eigenvalue weighted by atomic mass is 9.84. The van der Waals surface area contributed by atoms with Crippen LogP contribution in [0.1, 0.15) is 62.5 Å². The van der Waals surface area contributed by atoms with E-state index in [1.165, 1.54) is 37.7 Å². The number of alkyl halides is 3. The highest BCUT2D eigenvalue weighted by Crippen LogP contribution is 2.36. The van der Waals surface area contributed by atoms with Gasteiger partial charge in [-0.05, 0) is 42.9 Å². The van der Waals surface area contributed by atoms with E-state index >= 15 is 0 Å². The molecule has 7 heteroatoms. The molecular formula is C20H24F3N3O. The fourth-order valence-electron chi connectivity index (χ4n) is 3.33. The zero-order chi connectivity index (χ0) is 19.3. The minimum Gasteiger partial charge on any atom is -0.477 e. The summed E-state index contributed by atoms with van der Waals surface area (Å²) in [6, 6.07) is 7.96. The Morgan fingerprint density at radius 1 is 1.11 bits per heavy atom. The molecule has 1 N–H and O–H groups in total. The second kappa shape index (κ2) is 8.59. The number of benzene rings is 1. The summed E-state index contributed by atoms with van der Waals surface area (Å²) in [4.78, 5) is 7.72. The first kappa shape index (κ1) is 19.5. The maximum absolute atomic E-state index is 13.1. The second-order valence-electron chi connectivity index (χ2n) is 6.84. The minimum absolute atomic E-state index is 0.0829. The Balaban J connectivity index is 1.74. The summed E-state index contributed by atoms with van der Waals surface area (Å²) in [6.07, 6.45) is 3.07. The van der Waals surface area contributed by atoms with Gasteiger partial charge in [-0.3, -0.25) is 0 Å². The van der Waals surface area contributed by atoms with Crippen molar-refractivity contribution in [3.8, 4) is 5.88 Å². The molecule has 4 nitrogen and oxygen atoms in total. The molecule has 1 saturated carbocycles. The number of nitrogens with zero attached hydrogens (tertiary/aromatic N) is 2. The Hall–Kier alpha value is -2.31. The van der Waals surface area contributed by atoms with Gasteiger partial charge in [0.15, 0.2) is 0 Å². The van der Waals surface area contributed by atoms with E-state index in [0.29, 0.717) is 12.3 Å². The third-order valence-electron chi connectivity index (χ3n) is 4.75. The van der Waals surface area contributed by atoms with Crippen molar-refractivity contribution in [2.24, 2.45) is 0 Å². The second-order valence-corrected chi connectivity index (χ2v) is 6.84. The average molecular weight is 379 g/mol. The highest BCUT2D eigenvalue weighted by atomic mass is 19.4. The van der Waals surface area contributed by atoms with Gasteiger partial charge in [0, 0.05) is 11.9 Å². The van der Waals surface area contributed by atoms with Crippen LogP contribution in [-0.2, 0) is 6.18 Å². The van der Waals surface area contributed by atoms with Crippen LogP contribution in [0.5, 0.6) is 5.88 Å². The first-order chi connectivity index (χ1) is 13.0. The van der Waals surface area contributed by atoms with Crippen molar-refractivity contribution in [1.82, 2.24) is 9.97 Å². The first-order valence-corrected chi connectivity index (χ1v) is 9.41. The smallest absolute Gasteiger partial charge is 0.423 e. The van der Waals surface area contributed by atoms with Crippen molar-refractivity contribution in [2.45, 2.75) is 57.5 Å². The molecule has 1 aliphatic rings. The van der Waals surface area contributed by atoms with E-state index in [4.69, 9.17) is 4.74 Å². The number of aromatic nitrogens is 2. The van der Waals surface area contributed by atoms with E-state index in [9.17, 15) is 13.2 Å². The fourth-order valence-corrected chi connectivity index (χ4v) is 3.33. The molecule has 1 heterocycles. The van der Waals surface area contributed by atoms with Crippen LogP contribution in [0.4, 0.5) is 24.8 Å². The van der Waals surface area contributed by atoms with E-state index in [-0.39, 0.29) is 12.6 Å². The van der Waals surface area contributed by atoms with Crippen molar-refractivity contribution in [3.05, 3.63) is 41.6 Å². The van der Waals surface area contributed by atoms with Crippen LogP contribution in [-0.4, -0.2) is 16.6 Å². The summed E-state index contributed by atoms with van der Waals surface area (Å²) in [7, 11) is 0. The van der Waals surface area contributed by atoms with E-state index < -0.39 is 17.6 Å². The highest BCUT2D eigenvalue weighted by molar-refractivity contribution is 5.54. The predicted molar refractivity (Wildman–Crippen MR) is 98.4 cm³/mol. The van der Waals surface area contributed by atoms with Gasteiger partial charge in [0.25, 0.3) is 0 Å². The van der Waals surface area contributed by atoms with Gasteiger partial charge >= 0.3 is 6.18 Å². The normalized spacial score (nSPS) is 15.6. The van der Waals surface area contributed by atoms with Crippen LogP contribution in [0.15, 0.2) is 30.5 Å². The molecular weight excluding hydrogens is 355 g/mol. The van der Waals surface area contributed by atoms with Gasteiger partial charge in [0.1, 0.15) is 5.56 Å². The SMILES string of the molecule is CCCOc1nc(Nc2ccc(C3CCCCC3)cc2)ncc1C(F)(F)F. The van der Waals surface area contributed by atoms with Crippen LogP contribution in [0.2, 0.25) is 0 Å². The quantitative estimate of drug-likeness (QED) is 0.661. The predicted octanol–water partition coefficient (Wildman–Crippen LogP) is 6.08. The van der Waals surface area contributed by atoms with Crippen LogP contribution in [0, 0.1) is 0 Å². The Bertz CT molecular complexity index is 741. The molecule has 2 aromatic rings. The molecule has 0 unspecified atom stereocenters. The molecule has 3 rings (SSSR count). The zero-order valence-corrected chi connectivity index (χ0v) is 15.4. The van der Waals surface area contributed by atoms with Gasteiger partial charge in [0.05, 0.1) is 6.61 Å². The lowest BCUT2D eigenvalue weighted by Crippen LogP contribution is -2.12. The summed E-state index contributed by atoms with van der Waals surface area (Å²) in [5, 5.41) is 2.96. The molecule has 0 aliphatic heterocycles. The van der Waals surface area contributed by atoms with Gasteiger partial charge in [-0.2, -0.15) is 18.2 Å². The van der Waals surface area contributed by atoms with E-state index in [2.05, 4.69) is 27.4 Å². The van der Waals surface area contributed by atoms with Gasteiger partial charge in [-0.1, -0.05) is 38.3 Å². The Kier molecular flexibility index (Phi) is 6.19. The van der Waals surface area contributed by atoms with Gasteiger partial charge in [0.2, 0.25) is 11.8 Å². The molecule has 146 valence electrons. The van der Waals surface area contributed by atoms with Gasteiger partial charge < -0.3 is 10.1 Å². The molecule has 0 amide bonds. The summed E-state index contributed by atoms with van der Waals surface area (Å²) < 4.78 is 44.4. The number of hydrogen-bond donors (Lipinski definition) is 1. The lowest BCUT2D eigenvalue weighted by Gasteiger charge is -2.22. The topological polar surface area (TPSA) is 47.0 Å². The van der Waals surface area contributed by atoms with Gasteiger partial charge in [-0.25, -0.2) is 4.98 Å². The molecule has 1 aromatic carbocycles. The monoisotopic (exact) mass is 379 g/mol. The van der Waals surface area contributed by atoms with E-state index in [0.717, 1.165) is 11.9 Å². The lowest BCUT2D eigenvalue weighted by molar-refractivity contribution is -0.139. The average Bonchev–Trinajstić information content (AvgIpc) is 2.67. The van der Waals surface area contributed by atoms with Crippen LogP contribution in [0.25, 0.3) is 0 Å². The van der Waals surface area contributed by atoms with Crippen molar-refractivity contribution >= 4 is 11.6 Å². The number of halogens is 3. The summed E-state index contributed by atoms with van der Waals surface area (Å²) >= 11 is 0. The molecule has 0 spiro atoms. The van der Waals surface area contributed by atoms with Crippen molar-refractivity contribution < 1.29 is 17.9 Å². The van der Waals surface area contributed by atoms with Crippen molar-refractivity contribution in [2.75, 3.05) is 11.9 Å². The third kappa shape index (κ3) is 5.11. The highest BCUT2D eigenvalue weighted by Gasteiger charge is 2.36. The van der Waals surface area contributed by atoms with E-state index in [1.54, 1.807) is 0 Å². The molecule has 0 bridgehead atoms. The molecule has 0 atom stereocenters. The van der Waals surface area contributed by atoms with Crippen molar-refractivity contribution in [1.29, 1.82) is 0 Å². The maximum Gasteiger partial charge on any atom is 0.423 e. The third-order valence-corrected chi connectivity index (χ3v) is 4.75. The number of hydrogen-bond acceptors (Lipinski definition) is 4. The number of nitrogens with one attached hydrogen (secondary N) is 1. The molecule has 0 saturated heterocycles. The van der Waals surface area contributed by atoms with E-state index in [1.807, 2.05) is 19.1 Å². The van der Waals surface area contributed by atoms with Crippen LogP contribution >= 0.6 is 0 Å². The van der Waals surface area contributed by atoms with Gasteiger partial charge in [-0.15, -0.1) is 0 Å². The maximum atomic E-state index is 13.1. The van der Waals surface area contributed by atoms with Crippen molar-refractivity contribution in [3.63, 3.8) is 0 Å². The molecule has 27 heavy (non-hydrogen) atoms. The summed E-state index contributed by atoms with van der Waals surface area (Å²) in [5.41, 5.74) is 1.07. The Morgan fingerprint density at radius 3 is 2.44 bits per heavy atom. The molecule has 0 radical (unpaired) electrons. The zero-order valence-electron chi connectivity index (χ0n) is 15.4. The number of ether oxygens (including phenoxy) is 1. The Morgan fingerprint density at radius 2 is 1.81 bits per heavy atom. The number of anilines is 2. The molecule has 1 fully saturated rings. The fraction of sp³-hybridized carbons (Fsp3) is 0.500. The molecule has 1 aromatic heterocycles. The minimum atomic E-state index is -4.55. The first-order valence-electron chi connectivity index (χ1n) is 9.41. The summed E-state index contributed by atoms with van der Waals surface area (Å²) in [5.74, 6) is 0.240. The van der Waals surface area contributed by atoms with Crippen LogP contribution < -0.4 is 10.1 Å². The summed E-state index contributed by atoms with van der Waals surface area (Å²) in [6.45, 7) is 1.98. The Labute approximate surface area is 157 Å². The van der Waals surface area contributed by atoms with Crippen LogP contribution in [0.3, 0.4) is 0 Å². The standard InChI is InChI=1S/C20H24F3N3O/c1-2-12-27-18-17(20(21,22)23)13-24-19(26-18)25-16-10-8-15(9-11-16)14-6-4-3-5-7-14/h8-11,13-14H,2-7,12H2,1H3,(H,24,25,26). The number of rotatable bonds is 6.